The number of aliphatic carboxylic acids is 1. The maximum Gasteiger partial charge on any atom is 0.379 e. The summed E-state index contributed by atoms with van der Waals surface area (Å²) in [4.78, 5) is 26.3. The zero-order valence-corrected chi connectivity index (χ0v) is 14.1. The van der Waals surface area contributed by atoms with Crippen LogP contribution in [0.4, 0.5) is 0 Å². The summed E-state index contributed by atoms with van der Waals surface area (Å²) in [6, 6.07) is 9.64. The number of carboxylic acids is 1. The zero-order valence-electron chi connectivity index (χ0n) is 14.1. The first kappa shape index (κ1) is 18.3. The maximum absolute atomic E-state index is 12.1. The molecule has 1 aromatic heterocycles. The minimum absolute atomic E-state index is 0.102. The molecule has 0 atom stereocenters. The quantitative estimate of drug-likeness (QED) is 0.345. The molecule has 7 heteroatoms. The van der Waals surface area contributed by atoms with Gasteiger partial charge in [-0.25, -0.2) is 4.79 Å². The molecule has 132 valence electrons. The van der Waals surface area contributed by atoms with Crippen LogP contribution >= 0.6 is 0 Å². The van der Waals surface area contributed by atoms with Crippen molar-refractivity contribution < 1.29 is 23.8 Å². The summed E-state index contributed by atoms with van der Waals surface area (Å²) in [5, 5.41) is 8.58. The van der Waals surface area contributed by atoms with Gasteiger partial charge in [-0.05, 0) is 42.3 Å². The van der Waals surface area contributed by atoms with Crippen LogP contribution in [0.3, 0.4) is 0 Å². The third-order valence-electron chi connectivity index (χ3n) is 3.22. The van der Waals surface area contributed by atoms with Crippen molar-refractivity contribution in [2.45, 2.75) is 20.3 Å². The van der Waals surface area contributed by atoms with Gasteiger partial charge in [-0.3, -0.25) is 9.79 Å². The SMILES string of the molecule is CC(C)Cc1ccc(C(=O)Oc2ccc(C(N)=NCC(=O)O)cc2)o1. The van der Waals surface area contributed by atoms with Gasteiger partial charge in [-0.2, -0.15) is 0 Å². The van der Waals surface area contributed by atoms with E-state index in [9.17, 15) is 9.59 Å². The molecule has 0 fully saturated rings. The molecule has 2 aromatic rings. The Morgan fingerprint density at radius 3 is 2.48 bits per heavy atom. The standard InChI is InChI=1S/C18H20N2O5/c1-11(2)9-14-7-8-15(24-14)18(23)25-13-5-3-12(4-6-13)17(19)20-10-16(21)22/h3-8,11H,9-10H2,1-2H3,(H2,19,20)(H,21,22). The van der Waals surface area contributed by atoms with E-state index >= 15 is 0 Å². The number of carbonyl (C=O) groups excluding carboxylic acids is 1. The van der Waals surface area contributed by atoms with Crippen LogP contribution in [0.2, 0.25) is 0 Å². The van der Waals surface area contributed by atoms with Crippen molar-refractivity contribution in [2.75, 3.05) is 6.54 Å². The number of esters is 1. The van der Waals surface area contributed by atoms with Crippen LogP contribution in [0.15, 0.2) is 45.8 Å². The summed E-state index contributed by atoms with van der Waals surface area (Å²) in [5.41, 5.74) is 6.23. The zero-order chi connectivity index (χ0) is 18.4. The molecule has 25 heavy (non-hydrogen) atoms. The second kappa shape index (κ2) is 8.14. The van der Waals surface area contributed by atoms with E-state index in [0.717, 1.165) is 12.2 Å². The van der Waals surface area contributed by atoms with Crippen LogP contribution in [0.25, 0.3) is 0 Å². The third-order valence-corrected chi connectivity index (χ3v) is 3.22. The number of carboxylic acid groups (broad SMARTS) is 1. The van der Waals surface area contributed by atoms with Gasteiger partial charge in [0.25, 0.3) is 0 Å². The first-order chi connectivity index (χ1) is 11.8. The topological polar surface area (TPSA) is 115 Å². The first-order valence-electron chi connectivity index (χ1n) is 7.78. The number of nitrogens with zero attached hydrogens (tertiary/aromatic N) is 1. The fourth-order valence-corrected chi connectivity index (χ4v) is 2.09. The second-order valence-corrected chi connectivity index (χ2v) is 5.87. The summed E-state index contributed by atoms with van der Waals surface area (Å²) in [5.74, 6) is 0.0723. The van der Waals surface area contributed by atoms with Gasteiger partial charge in [-0.15, -0.1) is 0 Å². The third kappa shape index (κ3) is 5.49. The molecule has 0 amide bonds. The van der Waals surface area contributed by atoms with Crippen LogP contribution in [-0.2, 0) is 11.2 Å². The lowest BCUT2D eigenvalue weighted by Crippen LogP contribution is -2.16. The van der Waals surface area contributed by atoms with E-state index in [4.69, 9.17) is 20.0 Å². The average Bonchev–Trinajstić information content (AvgIpc) is 3.01. The molecule has 0 aliphatic carbocycles. The van der Waals surface area contributed by atoms with Gasteiger partial charge in [0.1, 0.15) is 23.9 Å². The van der Waals surface area contributed by atoms with E-state index in [1.807, 2.05) is 0 Å². The minimum Gasteiger partial charge on any atom is -0.480 e. The molecular formula is C18H20N2O5. The molecule has 0 radical (unpaired) electrons. The number of hydrogen-bond donors (Lipinski definition) is 2. The number of ether oxygens (including phenoxy) is 1. The molecule has 0 saturated heterocycles. The fourth-order valence-electron chi connectivity index (χ4n) is 2.09. The lowest BCUT2D eigenvalue weighted by Gasteiger charge is -2.05. The van der Waals surface area contributed by atoms with E-state index < -0.39 is 18.5 Å². The summed E-state index contributed by atoms with van der Waals surface area (Å²) < 4.78 is 10.7. The predicted molar refractivity (Wildman–Crippen MR) is 91.9 cm³/mol. The summed E-state index contributed by atoms with van der Waals surface area (Å²) >= 11 is 0. The second-order valence-electron chi connectivity index (χ2n) is 5.87. The van der Waals surface area contributed by atoms with Crippen molar-refractivity contribution in [3.05, 3.63) is 53.5 Å². The van der Waals surface area contributed by atoms with Gasteiger partial charge in [0.15, 0.2) is 0 Å². The van der Waals surface area contributed by atoms with E-state index in [2.05, 4.69) is 18.8 Å². The molecule has 0 bridgehead atoms. The van der Waals surface area contributed by atoms with Crippen LogP contribution in [-0.4, -0.2) is 29.4 Å². The number of nitrogens with two attached hydrogens (primary N) is 1. The molecular weight excluding hydrogens is 324 g/mol. The maximum atomic E-state index is 12.1. The Balaban J connectivity index is 2.00. The molecule has 3 N–H and O–H groups in total. The molecule has 0 aliphatic rings. The number of aliphatic imine (C=N–C) groups is 1. The van der Waals surface area contributed by atoms with E-state index in [1.165, 1.54) is 0 Å². The van der Waals surface area contributed by atoms with Gasteiger partial charge >= 0.3 is 11.9 Å². The van der Waals surface area contributed by atoms with Crippen molar-refractivity contribution in [2.24, 2.45) is 16.6 Å². The van der Waals surface area contributed by atoms with Crippen LogP contribution in [0.1, 0.15) is 35.7 Å². The molecule has 0 saturated carbocycles. The Morgan fingerprint density at radius 2 is 1.88 bits per heavy atom. The van der Waals surface area contributed by atoms with Crippen molar-refractivity contribution in [1.82, 2.24) is 0 Å². The number of benzene rings is 1. The average molecular weight is 344 g/mol. The lowest BCUT2D eigenvalue weighted by molar-refractivity contribution is -0.135. The molecule has 1 aromatic carbocycles. The Hall–Kier alpha value is -3.09. The Labute approximate surface area is 145 Å². The smallest absolute Gasteiger partial charge is 0.379 e. The highest BCUT2D eigenvalue weighted by Gasteiger charge is 2.14. The summed E-state index contributed by atoms with van der Waals surface area (Å²) in [6.07, 6.45) is 0.747. The molecule has 7 nitrogen and oxygen atoms in total. The first-order valence-corrected chi connectivity index (χ1v) is 7.78. The van der Waals surface area contributed by atoms with E-state index in [0.29, 0.717) is 17.2 Å². The highest BCUT2D eigenvalue weighted by molar-refractivity contribution is 5.98. The van der Waals surface area contributed by atoms with Crippen LogP contribution in [0, 0.1) is 5.92 Å². The largest absolute Gasteiger partial charge is 0.480 e. The number of hydrogen-bond acceptors (Lipinski definition) is 5. The summed E-state index contributed by atoms with van der Waals surface area (Å²) in [6.45, 7) is 3.72. The highest BCUT2D eigenvalue weighted by Crippen LogP contribution is 2.17. The fraction of sp³-hybridized carbons (Fsp3) is 0.278. The molecule has 0 aliphatic heterocycles. The van der Waals surface area contributed by atoms with Gasteiger partial charge in [0.05, 0.1) is 0 Å². The number of furan rings is 1. The summed E-state index contributed by atoms with van der Waals surface area (Å²) in [7, 11) is 0. The van der Waals surface area contributed by atoms with Crippen molar-refractivity contribution >= 4 is 17.8 Å². The van der Waals surface area contributed by atoms with E-state index in [-0.39, 0.29) is 11.6 Å². The number of carbonyl (C=O) groups is 2. The van der Waals surface area contributed by atoms with Gasteiger partial charge in [0.2, 0.25) is 5.76 Å². The molecule has 2 rings (SSSR count). The molecule has 0 spiro atoms. The highest BCUT2D eigenvalue weighted by atomic mass is 16.5. The Bertz CT molecular complexity index is 775. The van der Waals surface area contributed by atoms with E-state index in [1.54, 1.807) is 36.4 Å². The van der Waals surface area contributed by atoms with Gasteiger partial charge < -0.3 is 20.0 Å². The van der Waals surface area contributed by atoms with Crippen molar-refractivity contribution in [3.63, 3.8) is 0 Å². The normalized spacial score (nSPS) is 11.6. The predicted octanol–water partition coefficient (Wildman–Crippen LogP) is 2.49. The van der Waals surface area contributed by atoms with Gasteiger partial charge in [0, 0.05) is 12.0 Å². The van der Waals surface area contributed by atoms with Crippen LogP contribution in [0.5, 0.6) is 5.75 Å². The monoisotopic (exact) mass is 344 g/mol. The Morgan fingerprint density at radius 1 is 1.20 bits per heavy atom. The van der Waals surface area contributed by atoms with Crippen LogP contribution < -0.4 is 10.5 Å². The number of rotatable bonds is 7. The number of amidine groups is 1. The molecule has 1 heterocycles. The lowest BCUT2D eigenvalue weighted by atomic mass is 10.1. The Kier molecular flexibility index (Phi) is 5.94. The molecule has 0 unspecified atom stereocenters. The van der Waals surface area contributed by atoms with Gasteiger partial charge in [-0.1, -0.05) is 13.8 Å². The minimum atomic E-state index is -1.07. The van der Waals surface area contributed by atoms with Crippen molar-refractivity contribution in [1.29, 1.82) is 0 Å². The van der Waals surface area contributed by atoms with Crippen molar-refractivity contribution in [3.8, 4) is 5.75 Å².